The molecule has 1 N–H and O–H groups in total. The number of morpholine rings is 1. The molecule has 0 spiro atoms. The van der Waals surface area contributed by atoms with E-state index in [0.717, 1.165) is 11.3 Å². The Bertz CT molecular complexity index is 911. The molecule has 0 bridgehead atoms. The molecule has 2 saturated heterocycles. The van der Waals surface area contributed by atoms with Crippen LogP contribution in [-0.4, -0.2) is 56.9 Å². The van der Waals surface area contributed by atoms with Gasteiger partial charge in [-0.3, -0.25) is 4.79 Å². The number of piperidine rings is 1. The van der Waals surface area contributed by atoms with Crippen molar-refractivity contribution in [3.8, 4) is 5.75 Å². The van der Waals surface area contributed by atoms with Gasteiger partial charge < -0.3 is 24.3 Å². The molecule has 0 unspecified atom stereocenters. The average Bonchev–Trinajstić information content (AvgIpc) is 2.75. The summed E-state index contributed by atoms with van der Waals surface area (Å²) in [5.74, 6) is -1.72. The van der Waals surface area contributed by atoms with Crippen LogP contribution in [0.1, 0.15) is 18.4 Å². The molecule has 162 valence electrons. The summed E-state index contributed by atoms with van der Waals surface area (Å²) >= 11 is 0. The van der Waals surface area contributed by atoms with Crippen molar-refractivity contribution in [1.82, 2.24) is 4.98 Å². The van der Waals surface area contributed by atoms with Crippen LogP contribution >= 0.6 is 0 Å². The minimum absolute atomic E-state index is 0.155. The van der Waals surface area contributed by atoms with Crippen molar-refractivity contribution in [1.29, 1.82) is 0 Å². The van der Waals surface area contributed by atoms with Crippen LogP contribution in [-0.2, 0) is 11.2 Å². The number of ether oxygens (including phenoxy) is 2. The van der Waals surface area contributed by atoms with Gasteiger partial charge in [0.25, 0.3) is 11.5 Å². The van der Waals surface area contributed by atoms with E-state index in [2.05, 4.69) is 9.88 Å². The molecule has 8 heteroatoms. The fraction of sp³-hybridized carbons (Fsp3) is 0.500. The first-order chi connectivity index (χ1) is 14.5. The highest BCUT2D eigenvalue weighted by atomic mass is 19.3. The van der Waals surface area contributed by atoms with E-state index in [4.69, 9.17) is 9.47 Å². The lowest BCUT2D eigenvalue weighted by molar-refractivity contribution is -0.0485. The Morgan fingerprint density at radius 2 is 1.90 bits per heavy atom. The van der Waals surface area contributed by atoms with E-state index in [0.29, 0.717) is 50.8 Å². The van der Waals surface area contributed by atoms with E-state index in [-0.39, 0.29) is 18.4 Å². The molecule has 1 aromatic heterocycles. The van der Waals surface area contributed by atoms with E-state index in [1.54, 1.807) is 24.1 Å². The first-order valence-electron chi connectivity index (χ1n) is 10.3. The Kier molecular flexibility index (Phi) is 5.94. The van der Waals surface area contributed by atoms with Gasteiger partial charge in [-0.25, -0.2) is 8.78 Å². The molecule has 0 radical (unpaired) electrons. The largest absolute Gasteiger partial charge is 0.497 e. The van der Waals surface area contributed by atoms with Gasteiger partial charge in [0, 0.05) is 43.9 Å². The first-order valence-corrected chi connectivity index (χ1v) is 10.3. The number of halogens is 2. The maximum atomic E-state index is 15.0. The number of nitrogens with one attached hydrogen (secondary N) is 1. The number of aromatic nitrogens is 1. The van der Waals surface area contributed by atoms with Gasteiger partial charge >= 0.3 is 0 Å². The summed E-state index contributed by atoms with van der Waals surface area (Å²) < 4.78 is 40.6. The number of benzene rings is 1. The molecule has 6 nitrogen and oxygen atoms in total. The van der Waals surface area contributed by atoms with Crippen LogP contribution in [0.3, 0.4) is 0 Å². The number of pyridine rings is 1. The van der Waals surface area contributed by atoms with Gasteiger partial charge in [0.2, 0.25) is 0 Å². The zero-order chi connectivity index (χ0) is 21.1. The molecule has 0 amide bonds. The lowest BCUT2D eigenvalue weighted by Gasteiger charge is -2.42. The lowest BCUT2D eigenvalue weighted by atomic mass is 9.92. The highest BCUT2D eigenvalue weighted by Gasteiger charge is 2.46. The van der Waals surface area contributed by atoms with Crippen molar-refractivity contribution in [2.45, 2.75) is 31.2 Å². The number of hydrogen-bond donors (Lipinski definition) is 1. The highest BCUT2D eigenvalue weighted by Crippen LogP contribution is 2.37. The van der Waals surface area contributed by atoms with Gasteiger partial charge in [0.1, 0.15) is 11.6 Å². The molecule has 0 saturated carbocycles. The standard InChI is InChI=1S/C22H27F2N3O3/c1-29-18-5-3-16(4-6-18)13-19-22(23,24)7-2-8-27(19)20-14-17(15-21(28)25-20)26-9-11-30-12-10-26/h3-6,14-15,19H,2,7-13H2,1H3,(H,25,28)/t19-/m0/s1. The molecule has 2 aliphatic heterocycles. The molecule has 0 aliphatic carbocycles. The number of hydrogen-bond acceptors (Lipinski definition) is 5. The lowest BCUT2D eigenvalue weighted by Crippen LogP contribution is -2.54. The van der Waals surface area contributed by atoms with Crippen LogP contribution in [0.25, 0.3) is 0 Å². The Morgan fingerprint density at radius 3 is 2.60 bits per heavy atom. The summed E-state index contributed by atoms with van der Waals surface area (Å²) in [6, 6.07) is 9.49. The summed E-state index contributed by atoms with van der Waals surface area (Å²) in [6.45, 7) is 3.00. The Balaban J connectivity index is 1.64. The molecule has 2 aliphatic rings. The van der Waals surface area contributed by atoms with Crippen molar-refractivity contribution in [2.24, 2.45) is 0 Å². The third kappa shape index (κ3) is 4.43. The van der Waals surface area contributed by atoms with Gasteiger partial charge in [0.15, 0.2) is 0 Å². The summed E-state index contributed by atoms with van der Waals surface area (Å²) in [4.78, 5) is 18.9. The zero-order valence-corrected chi connectivity index (χ0v) is 17.1. The third-order valence-corrected chi connectivity index (χ3v) is 5.86. The number of anilines is 2. The van der Waals surface area contributed by atoms with Gasteiger partial charge in [0.05, 0.1) is 26.4 Å². The number of nitrogens with zero attached hydrogens (tertiary/aromatic N) is 2. The van der Waals surface area contributed by atoms with Crippen LogP contribution < -0.4 is 20.1 Å². The summed E-state index contributed by atoms with van der Waals surface area (Å²) in [7, 11) is 1.57. The van der Waals surface area contributed by atoms with Crippen LogP contribution in [0.5, 0.6) is 5.75 Å². The average molecular weight is 419 g/mol. The van der Waals surface area contributed by atoms with Crippen molar-refractivity contribution in [3.05, 3.63) is 52.3 Å². The van der Waals surface area contributed by atoms with Crippen molar-refractivity contribution in [3.63, 3.8) is 0 Å². The molecule has 2 fully saturated rings. The van der Waals surface area contributed by atoms with Gasteiger partial charge in [-0.15, -0.1) is 0 Å². The molecule has 1 aromatic carbocycles. The quantitative estimate of drug-likeness (QED) is 0.807. The zero-order valence-electron chi connectivity index (χ0n) is 17.1. The molecule has 2 aromatic rings. The number of rotatable bonds is 5. The van der Waals surface area contributed by atoms with E-state index in [1.165, 1.54) is 6.07 Å². The summed E-state index contributed by atoms with van der Waals surface area (Å²) in [5, 5.41) is 0. The minimum Gasteiger partial charge on any atom is -0.497 e. The third-order valence-electron chi connectivity index (χ3n) is 5.86. The SMILES string of the molecule is COc1ccc(C[C@@H]2N(c3cc(N4CCOCC4)cc(=O)[nH]3)CCCC2(F)F)cc1. The van der Waals surface area contributed by atoms with Crippen LogP contribution in [0.2, 0.25) is 0 Å². The predicted octanol–water partition coefficient (Wildman–Crippen LogP) is 3.07. The number of aromatic amines is 1. The molecular weight excluding hydrogens is 392 g/mol. The molecular formula is C22H27F2N3O3. The van der Waals surface area contributed by atoms with Crippen LogP contribution in [0.4, 0.5) is 20.3 Å². The molecule has 1 atom stereocenters. The molecule has 30 heavy (non-hydrogen) atoms. The maximum absolute atomic E-state index is 15.0. The Morgan fingerprint density at radius 1 is 1.17 bits per heavy atom. The maximum Gasteiger partial charge on any atom is 0.268 e. The fourth-order valence-corrected chi connectivity index (χ4v) is 4.24. The van der Waals surface area contributed by atoms with Crippen molar-refractivity contribution >= 4 is 11.5 Å². The number of methoxy groups -OCH3 is 1. The molecule has 3 heterocycles. The highest BCUT2D eigenvalue weighted by molar-refractivity contribution is 5.56. The van der Waals surface area contributed by atoms with Crippen molar-refractivity contribution in [2.75, 3.05) is 49.8 Å². The smallest absolute Gasteiger partial charge is 0.268 e. The fourth-order valence-electron chi connectivity index (χ4n) is 4.24. The van der Waals surface area contributed by atoms with E-state index >= 15 is 8.78 Å². The van der Waals surface area contributed by atoms with E-state index in [9.17, 15) is 4.79 Å². The first kappa shape index (κ1) is 20.7. The minimum atomic E-state index is -2.86. The second kappa shape index (κ2) is 8.63. The van der Waals surface area contributed by atoms with Gasteiger partial charge in [-0.05, 0) is 30.5 Å². The summed E-state index contributed by atoms with van der Waals surface area (Å²) in [5.41, 5.74) is 1.26. The Labute approximate surface area is 174 Å². The number of alkyl halides is 2. The molecule has 4 rings (SSSR count). The predicted molar refractivity (Wildman–Crippen MR) is 112 cm³/mol. The van der Waals surface area contributed by atoms with E-state index in [1.807, 2.05) is 18.2 Å². The second-order valence-electron chi connectivity index (χ2n) is 7.81. The van der Waals surface area contributed by atoms with Crippen LogP contribution in [0.15, 0.2) is 41.2 Å². The van der Waals surface area contributed by atoms with Gasteiger partial charge in [-0.2, -0.15) is 0 Å². The van der Waals surface area contributed by atoms with Crippen LogP contribution in [0, 0.1) is 0 Å². The summed E-state index contributed by atoms with van der Waals surface area (Å²) in [6.07, 6.45) is 0.397. The second-order valence-corrected chi connectivity index (χ2v) is 7.81. The van der Waals surface area contributed by atoms with E-state index < -0.39 is 12.0 Å². The topological polar surface area (TPSA) is 57.8 Å². The monoisotopic (exact) mass is 419 g/mol. The number of H-pyrrole nitrogens is 1. The van der Waals surface area contributed by atoms with Crippen molar-refractivity contribution < 1.29 is 18.3 Å². The van der Waals surface area contributed by atoms with Gasteiger partial charge in [-0.1, -0.05) is 12.1 Å². The normalized spacial score (nSPS) is 21.5. The Hall–Kier alpha value is -2.61.